The van der Waals surface area contributed by atoms with Crippen molar-refractivity contribution in [2.75, 3.05) is 19.5 Å². The highest BCUT2D eigenvalue weighted by Gasteiger charge is 2.09. The van der Waals surface area contributed by atoms with Gasteiger partial charge in [-0.25, -0.2) is 0 Å². The summed E-state index contributed by atoms with van der Waals surface area (Å²) in [5.74, 6) is 2.47. The summed E-state index contributed by atoms with van der Waals surface area (Å²) in [7, 11) is 1.62. The van der Waals surface area contributed by atoms with Crippen LogP contribution in [0.25, 0.3) is 11.5 Å². The van der Waals surface area contributed by atoms with Crippen molar-refractivity contribution < 1.29 is 13.9 Å². The Balaban J connectivity index is 1.51. The van der Waals surface area contributed by atoms with Crippen LogP contribution in [-0.4, -0.2) is 29.7 Å². The predicted molar refractivity (Wildman–Crippen MR) is 99.0 cm³/mol. The fourth-order valence-corrected chi connectivity index (χ4v) is 3.03. The summed E-state index contributed by atoms with van der Waals surface area (Å²) < 4.78 is 16.4. The first-order valence-corrected chi connectivity index (χ1v) is 9.08. The number of aromatic nitrogens is 2. The Morgan fingerprint density at radius 2 is 1.88 bits per heavy atom. The molecule has 0 unspecified atom stereocenters. The lowest BCUT2D eigenvalue weighted by molar-refractivity contribution is 0.343. The number of benzene rings is 2. The van der Waals surface area contributed by atoms with Gasteiger partial charge in [-0.05, 0) is 42.5 Å². The summed E-state index contributed by atoms with van der Waals surface area (Å²) in [6.07, 6.45) is 0. The van der Waals surface area contributed by atoms with E-state index in [-0.39, 0.29) is 0 Å². The Hall–Kier alpha value is -1.89. The molecule has 25 heavy (non-hydrogen) atoms. The summed E-state index contributed by atoms with van der Waals surface area (Å²) in [4.78, 5) is 0. The summed E-state index contributed by atoms with van der Waals surface area (Å²) in [6, 6.07) is 12.5. The number of halogens is 2. The van der Waals surface area contributed by atoms with Crippen molar-refractivity contribution in [2.45, 2.75) is 5.22 Å². The summed E-state index contributed by atoms with van der Waals surface area (Å²) >= 11 is 13.3. The van der Waals surface area contributed by atoms with Gasteiger partial charge in [-0.15, -0.1) is 10.2 Å². The van der Waals surface area contributed by atoms with Crippen LogP contribution in [0.4, 0.5) is 0 Å². The molecular weight excluding hydrogens is 383 g/mol. The van der Waals surface area contributed by atoms with E-state index in [4.69, 9.17) is 37.1 Å². The zero-order chi connectivity index (χ0) is 17.6. The third-order valence-electron chi connectivity index (χ3n) is 3.20. The Morgan fingerprint density at radius 1 is 1.08 bits per heavy atom. The smallest absolute Gasteiger partial charge is 0.276 e. The fourth-order valence-electron chi connectivity index (χ4n) is 1.99. The normalized spacial score (nSPS) is 10.7. The molecule has 0 aliphatic rings. The highest BCUT2D eigenvalue weighted by molar-refractivity contribution is 7.99. The molecule has 0 N–H and O–H groups in total. The van der Waals surface area contributed by atoms with Gasteiger partial charge in [0.05, 0.1) is 18.7 Å². The quantitative estimate of drug-likeness (QED) is 0.402. The van der Waals surface area contributed by atoms with Crippen molar-refractivity contribution in [3.63, 3.8) is 0 Å². The third-order valence-corrected chi connectivity index (χ3v) is 4.52. The maximum absolute atomic E-state index is 6.05. The molecule has 1 aromatic heterocycles. The zero-order valence-electron chi connectivity index (χ0n) is 13.2. The Kier molecular flexibility index (Phi) is 6.07. The van der Waals surface area contributed by atoms with Crippen LogP contribution in [0, 0.1) is 0 Å². The van der Waals surface area contributed by atoms with E-state index in [1.807, 2.05) is 24.3 Å². The second-order valence-corrected chi connectivity index (χ2v) is 6.76. The minimum atomic E-state index is 0.451. The summed E-state index contributed by atoms with van der Waals surface area (Å²) in [5.41, 5.74) is 0.837. The number of hydrogen-bond acceptors (Lipinski definition) is 6. The molecule has 0 atom stereocenters. The van der Waals surface area contributed by atoms with Gasteiger partial charge in [-0.3, -0.25) is 0 Å². The van der Waals surface area contributed by atoms with Gasteiger partial charge in [-0.1, -0.05) is 35.0 Å². The zero-order valence-corrected chi connectivity index (χ0v) is 15.6. The van der Waals surface area contributed by atoms with Crippen LogP contribution in [0.15, 0.2) is 52.1 Å². The molecule has 0 fully saturated rings. The Morgan fingerprint density at radius 3 is 2.60 bits per heavy atom. The minimum absolute atomic E-state index is 0.451. The first kappa shape index (κ1) is 17.9. The van der Waals surface area contributed by atoms with E-state index in [1.165, 1.54) is 11.8 Å². The van der Waals surface area contributed by atoms with Crippen molar-refractivity contribution in [1.82, 2.24) is 10.2 Å². The summed E-state index contributed by atoms with van der Waals surface area (Å²) in [6.45, 7) is 0.451. The van der Waals surface area contributed by atoms with Crippen LogP contribution in [0.2, 0.25) is 10.0 Å². The average Bonchev–Trinajstić information content (AvgIpc) is 3.09. The van der Waals surface area contributed by atoms with Crippen LogP contribution in [0.3, 0.4) is 0 Å². The standard InChI is InChI=1S/C17H14Cl2N2O3S/c1-22-13-5-2-11(3-6-13)16-20-21-17(24-16)25-9-8-23-15-7-4-12(18)10-14(15)19/h2-7,10H,8-9H2,1H3. The molecule has 0 bridgehead atoms. The van der Waals surface area contributed by atoms with Crippen LogP contribution in [0.5, 0.6) is 11.5 Å². The molecule has 5 nitrogen and oxygen atoms in total. The molecule has 0 spiro atoms. The molecule has 8 heteroatoms. The number of nitrogens with zero attached hydrogens (tertiary/aromatic N) is 2. The van der Waals surface area contributed by atoms with Crippen molar-refractivity contribution in [3.05, 3.63) is 52.5 Å². The van der Waals surface area contributed by atoms with Crippen molar-refractivity contribution in [1.29, 1.82) is 0 Å². The first-order chi connectivity index (χ1) is 12.2. The molecule has 0 radical (unpaired) electrons. The molecule has 0 saturated carbocycles. The number of rotatable bonds is 7. The van der Waals surface area contributed by atoms with Crippen molar-refractivity contribution in [2.24, 2.45) is 0 Å². The largest absolute Gasteiger partial charge is 0.497 e. The topological polar surface area (TPSA) is 57.4 Å². The van der Waals surface area contributed by atoms with Gasteiger partial charge in [0.25, 0.3) is 5.22 Å². The van der Waals surface area contributed by atoms with Gasteiger partial charge in [0.1, 0.15) is 11.5 Å². The maximum Gasteiger partial charge on any atom is 0.276 e. The highest BCUT2D eigenvalue weighted by Crippen LogP contribution is 2.28. The predicted octanol–water partition coefficient (Wildman–Crippen LogP) is 5.22. The molecule has 3 aromatic rings. The van der Waals surface area contributed by atoms with Gasteiger partial charge in [0.2, 0.25) is 5.89 Å². The minimum Gasteiger partial charge on any atom is -0.497 e. The van der Waals surface area contributed by atoms with Crippen LogP contribution < -0.4 is 9.47 Å². The van der Waals surface area contributed by atoms with Crippen molar-refractivity contribution in [3.8, 4) is 23.0 Å². The maximum atomic E-state index is 6.05. The van der Waals surface area contributed by atoms with Gasteiger partial charge in [-0.2, -0.15) is 0 Å². The summed E-state index contributed by atoms with van der Waals surface area (Å²) in [5, 5.41) is 9.61. The lowest BCUT2D eigenvalue weighted by Gasteiger charge is -2.06. The van der Waals surface area contributed by atoms with Crippen LogP contribution in [-0.2, 0) is 0 Å². The number of thioether (sulfide) groups is 1. The van der Waals surface area contributed by atoms with E-state index in [0.29, 0.717) is 39.3 Å². The Labute approximate surface area is 159 Å². The third kappa shape index (κ3) is 4.81. The molecule has 0 amide bonds. The lowest BCUT2D eigenvalue weighted by atomic mass is 10.2. The molecule has 3 rings (SSSR count). The van der Waals surface area contributed by atoms with Crippen LogP contribution >= 0.6 is 35.0 Å². The molecule has 0 saturated heterocycles. The van der Waals surface area contributed by atoms with E-state index in [1.54, 1.807) is 25.3 Å². The SMILES string of the molecule is COc1ccc(-c2nnc(SCCOc3ccc(Cl)cc3Cl)o2)cc1. The second kappa shape index (κ2) is 8.47. The second-order valence-electron chi connectivity index (χ2n) is 4.87. The molecule has 0 aliphatic heterocycles. The first-order valence-electron chi connectivity index (χ1n) is 7.34. The van der Waals surface area contributed by atoms with E-state index in [2.05, 4.69) is 10.2 Å². The molecular formula is C17H14Cl2N2O3S. The van der Waals surface area contributed by atoms with E-state index >= 15 is 0 Å². The lowest BCUT2D eigenvalue weighted by Crippen LogP contribution is -2.00. The fraction of sp³-hybridized carbons (Fsp3) is 0.176. The van der Waals surface area contributed by atoms with Gasteiger partial charge in [0, 0.05) is 16.3 Å². The van der Waals surface area contributed by atoms with Gasteiger partial charge >= 0.3 is 0 Å². The number of hydrogen-bond donors (Lipinski definition) is 0. The molecule has 0 aliphatic carbocycles. The Bertz CT molecular complexity index is 840. The molecule has 130 valence electrons. The van der Waals surface area contributed by atoms with E-state index in [9.17, 15) is 0 Å². The van der Waals surface area contributed by atoms with Crippen LogP contribution in [0.1, 0.15) is 0 Å². The molecule has 2 aromatic carbocycles. The number of methoxy groups -OCH3 is 1. The highest BCUT2D eigenvalue weighted by atomic mass is 35.5. The van der Waals surface area contributed by atoms with E-state index in [0.717, 1.165) is 11.3 Å². The number of ether oxygens (including phenoxy) is 2. The van der Waals surface area contributed by atoms with E-state index < -0.39 is 0 Å². The van der Waals surface area contributed by atoms with Gasteiger partial charge < -0.3 is 13.9 Å². The molecule has 1 heterocycles. The van der Waals surface area contributed by atoms with Crippen molar-refractivity contribution >= 4 is 35.0 Å². The van der Waals surface area contributed by atoms with Gasteiger partial charge in [0.15, 0.2) is 0 Å². The monoisotopic (exact) mass is 396 g/mol. The average molecular weight is 397 g/mol.